The van der Waals surface area contributed by atoms with Crippen molar-refractivity contribution in [1.29, 1.82) is 5.41 Å². The van der Waals surface area contributed by atoms with Crippen LogP contribution in [0.3, 0.4) is 0 Å². The number of thioether (sulfide) groups is 1. The molecular formula is C55H69N7O21S3. The minimum atomic E-state index is -5.24. The van der Waals surface area contributed by atoms with Gasteiger partial charge in [0.25, 0.3) is 38.0 Å². The number of carbonyl (C=O) groups is 8. The number of nitrogens with zero attached hydrogens (tertiary/aromatic N) is 2. The topological polar surface area (TPSA) is 403 Å². The average Bonchev–Trinajstić information content (AvgIpc) is 0.981. The van der Waals surface area contributed by atoms with Gasteiger partial charge >= 0.3 is 18.0 Å². The Labute approximate surface area is 499 Å². The standard InChI is InChI=1S/C55H69N7O21S3/c1-3-61-47-40(60-55(61)71)31-84-41(47)9-4-5-10-42(63)57-21-23-79-25-27-81-29-28-80-26-24-78-22-19-43(64)59-39(54(70)83-62-44(65)17-18-45(62)66)8-6-7-20-58-52(67)33-12-14-34(37(30-33)53(68)69)46-35-13-11-32(2)50(85(72,73)74)48(35)82-49-36(46)15-16-38(56)51(49)86(75,76)77/h11-16,30,39-41,47,56H,3-10,17-29,31H2,1-2H3,(H,57,63)(H,58,67)(H,59,64)(H,60,71)(H,68,69)(H,72,73,74)(H,75,76,77)/t39-,40-,41-,47-/m0/s1. The SMILES string of the molecule is CCN1C(=O)N[C@H]2CS[C@@H](CCCCC(=O)NCCOCCOCCOCCOCCC(=O)N[C@@H](CCCCNC(=O)c3ccc(-c4c5ccc(=N)c(S(=O)(=O)O)c-5oc5c(S(=O)(=O)O)c(C)ccc45)c(C(=O)O)c3)C(=O)ON3C(=O)CCC3=O)[C@H]21. The Kier molecular flexibility index (Phi) is 23.6. The minimum absolute atomic E-state index is 0.0143. The van der Waals surface area contributed by atoms with Crippen molar-refractivity contribution in [2.45, 2.75) is 111 Å². The lowest BCUT2D eigenvalue weighted by Crippen LogP contribution is -2.45. The molecule has 2 aromatic rings. The van der Waals surface area contributed by atoms with Crippen molar-refractivity contribution in [2.24, 2.45) is 0 Å². The number of carboxylic acids is 1. The van der Waals surface area contributed by atoms with Crippen molar-refractivity contribution in [3.63, 3.8) is 0 Å². The molecule has 2 aromatic carbocycles. The molecule has 4 heterocycles. The van der Waals surface area contributed by atoms with Gasteiger partial charge in [-0.3, -0.25) is 38.5 Å². The molecule has 31 heteroatoms. The first-order valence-electron chi connectivity index (χ1n) is 27.8. The first-order chi connectivity index (χ1) is 41.0. The number of nitrogens with one attached hydrogen (secondary N) is 5. The van der Waals surface area contributed by atoms with Gasteiger partial charge in [0.15, 0.2) is 16.2 Å². The lowest BCUT2D eigenvalue weighted by Gasteiger charge is -2.26. The maximum atomic E-state index is 13.5. The Hall–Kier alpha value is -7.10. The van der Waals surface area contributed by atoms with Crippen molar-refractivity contribution in [3.05, 3.63) is 64.5 Å². The van der Waals surface area contributed by atoms with Gasteiger partial charge in [0, 0.05) is 78.4 Å². The first kappa shape index (κ1) is 66.4. The number of likely N-dealkylation sites (N-methyl/N-ethyl adjacent to an activating group) is 1. The lowest BCUT2D eigenvalue weighted by molar-refractivity contribution is -0.199. The van der Waals surface area contributed by atoms with Crippen LogP contribution in [-0.4, -0.2) is 190 Å². The molecule has 4 aliphatic heterocycles. The van der Waals surface area contributed by atoms with E-state index in [9.17, 15) is 69.4 Å². The molecule has 86 heavy (non-hydrogen) atoms. The minimum Gasteiger partial charge on any atom is -0.478 e. The van der Waals surface area contributed by atoms with Gasteiger partial charge in [-0.15, -0.1) is 5.06 Å². The van der Waals surface area contributed by atoms with E-state index in [2.05, 4.69) is 21.3 Å². The van der Waals surface area contributed by atoms with Gasteiger partial charge in [-0.25, -0.2) is 14.4 Å². The molecule has 4 atom stereocenters. The van der Waals surface area contributed by atoms with Crippen LogP contribution in [0.25, 0.3) is 33.4 Å². The molecule has 8 N–H and O–H groups in total. The molecule has 468 valence electrons. The number of hydroxylamine groups is 2. The number of imide groups is 1. The van der Waals surface area contributed by atoms with E-state index in [0.29, 0.717) is 49.6 Å². The van der Waals surface area contributed by atoms with Crippen LogP contribution in [0.15, 0.2) is 56.7 Å². The monoisotopic (exact) mass is 1260 g/mol. The van der Waals surface area contributed by atoms with Gasteiger partial charge in [-0.2, -0.15) is 28.6 Å². The van der Waals surface area contributed by atoms with E-state index < -0.39 is 93.9 Å². The molecule has 0 radical (unpaired) electrons. The fraction of sp³-hybridized carbons (Fsp3) is 0.509. The Balaban J connectivity index is 0.811. The first-order valence-corrected chi connectivity index (χ1v) is 31.7. The number of rotatable bonds is 34. The predicted octanol–water partition coefficient (Wildman–Crippen LogP) is 3.21. The predicted molar refractivity (Wildman–Crippen MR) is 305 cm³/mol. The summed E-state index contributed by atoms with van der Waals surface area (Å²) >= 11 is 1.89. The van der Waals surface area contributed by atoms with Crippen LogP contribution in [0.5, 0.6) is 0 Å². The summed E-state index contributed by atoms with van der Waals surface area (Å²) in [7, 11) is -10.3. The molecule has 0 aromatic heterocycles. The van der Waals surface area contributed by atoms with Crippen molar-refractivity contribution >= 4 is 90.5 Å². The maximum absolute atomic E-state index is 13.5. The van der Waals surface area contributed by atoms with Gasteiger partial charge in [-0.1, -0.05) is 24.6 Å². The number of urea groups is 1. The summed E-state index contributed by atoms with van der Waals surface area (Å²) in [5.41, 5.74) is -1.90. The van der Waals surface area contributed by atoms with Crippen molar-refractivity contribution in [3.8, 4) is 22.5 Å². The smallest absolute Gasteiger partial charge is 0.355 e. The highest BCUT2D eigenvalue weighted by Gasteiger charge is 2.47. The quantitative estimate of drug-likeness (QED) is 0.0109. The van der Waals surface area contributed by atoms with Crippen LogP contribution >= 0.6 is 11.8 Å². The Morgan fingerprint density at radius 1 is 0.779 bits per heavy atom. The van der Waals surface area contributed by atoms with E-state index >= 15 is 0 Å². The zero-order valence-electron chi connectivity index (χ0n) is 47.2. The molecule has 3 fully saturated rings. The molecule has 7 amide bonds. The highest BCUT2D eigenvalue weighted by molar-refractivity contribution is 8.00. The molecule has 7 rings (SSSR count). The molecule has 0 bridgehead atoms. The number of amides is 7. The molecular weight excluding hydrogens is 1190 g/mol. The van der Waals surface area contributed by atoms with Crippen LogP contribution in [-0.2, 0) is 68.0 Å². The fourth-order valence-corrected chi connectivity index (χ4v) is 13.4. The van der Waals surface area contributed by atoms with Gasteiger partial charge in [-0.05, 0) is 81.3 Å². The van der Waals surface area contributed by atoms with Gasteiger partial charge in [0.1, 0.15) is 10.9 Å². The fourth-order valence-electron chi connectivity index (χ4n) is 10.2. The Morgan fingerprint density at radius 3 is 2.08 bits per heavy atom. The van der Waals surface area contributed by atoms with Gasteiger partial charge in [0.2, 0.25) is 11.8 Å². The normalized spacial score (nSPS) is 17.3. The zero-order chi connectivity index (χ0) is 62.3. The largest absolute Gasteiger partial charge is 0.478 e. The third-order valence-corrected chi connectivity index (χ3v) is 17.8. The number of carboxylic acid groups (broad SMARTS) is 1. The Bertz CT molecular complexity index is 3440. The van der Waals surface area contributed by atoms with E-state index in [1.54, 1.807) is 0 Å². The summed E-state index contributed by atoms with van der Waals surface area (Å²) in [6.07, 6.45) is 2.81. The summed E-state index contributed by atoms with van der Waals surface area (Å²) < 4.78 is 98.6. The highest BCUT2D eigenvalue weighted by atomic mass is 32.2. The number of carbonyl (C=O) groups excluding carboxylic acids is 7. The van der Waals surface area contributed by atoms with Crippen molar-refractivity contribution in [1.82, 2.24) is 31.2 Å². The van der Waals surface area contributed by atoms with Crippen molar-refractivity contribution in [2.75, 3.05) is 78.2 Å². The van der Waals surface area contributed by atoms with Crippen LogP contribution in [0.4, 0.5) is 4.79 Å². The molecule has 5 aliphatic rings. The van der Waals surface area contributed by atoms with Crippen LogP contribution in [0, 0.1) is 12.3 Å². The molecule has 0 saturated carbocycles. The highest BCUT2D eigenvalue weighted by Crippen LogP contribution is 2.45. The number of aromatic carboxylic acids is 1. The second-order valence-corrected chi connectivity index (χ2v) is 24.3. The third-order valence-electron chi connectivity index (χ3n) is 14.3. The van der Waals surface area contributed by atoms with Crippen LogP contribution in [0.1, 0.15) is 97.4 Å². The number of aryl methyl sites for hydroxylation is 1. The average molecular weight is 1260 g/mol. The van der Waals surface area contributed by atoms with E-state index in [1.807, 2.05) is 23.6 Å². The number of hydrogen-bond donors (Lipinski definition) is 8. The molecule has 28 nitrogen and oxygen atoms in total. The number of ether oxygens (including phenoxy) is 4. The number of hydrogen-bond acceptors (Lipinski definition) is 20. The van der Waals surface area contributed by atoms with Gasteiger partial charge in [0.05, 0.1) is 75.9 Å². The summed E-state index contributed by atoms with van der Waals surface area (Å²) in [5.74, 6) is -5.37. The number of fused-ring (bicyclic) bond motifs is 3. The lowest BCUT2D eigenvalue weighted by atomic mass is 9.89. The molecule has 0 spiro atoms. The second kappa shape index (κ2) is 30.5. The van der Waals surface area contributed by atoms with E-state index in [4.69, 9.17) is 33.6 Å². The van der Waals surface area contributed by atoms with Crippen molar-refractivity contribution < 1.29 is 97.6 Å². The second-order valence-electron chi connectivity index (χ2n) is 20.3. The Morgan fingerprint density at radius 2 is 1.43 bits per heavy atom. The molecule has 1 aliphatic carbocycles. The molecule has 3 saturated heterocycles. The molecule has 0 unspecified atom stereocenters. The zero-order valence-corrected chi connectivity index (χ0v) is 49.7. The maximum Gasteiger partial charge on any atom is 0.355 e. The summed E-state index contributed by atoms with van der Waals surface area (Å²) in [4.78, 5) is 107. The van der Waals surface area contributed by atoms with E-state index in [-0.39, 0.29) is 135 Å². The van der Waals surface area contributed by atoms with Crippen LogP contribution in [0.2, 0.25) is 0 Å². The van der Waals surface area contributed by atoms with E-state index in [1.165, 1.54) is 37.3 Å². The number of unbranched alkanes of at least 4 members (excludes halogenated alkanes) is 2. The van der Waals surface area contributed by atoms with Crippen LogP contribution < -0.4 is 26.6 Å². The summed E-state index contributed by atoms with van der Waals surface area (Å²) in [6, 6.07) is 7.34. The summed E-state index contributed by atoms with van der Waals surface area (Å²) in [5, 5.41) is 29.6. The third kappa shape index (κ3) is 17.1. The van der Waals surface area contributed by atoms with E-state index in [0.717, 1.165) is 37.1 Å². The summed E-state index contributed by atoms with van der Waals surface area (Å²) in [6.45, 7) is 6.09. The number of benzene rings is 3. The van der Waals surface area contributed by atoms with Gasteiger partial charge < -0.3 is 59.5 Å².